The smallest absolute Gasteiger partial charge is 0.215 e. The molecule has 0 spiro atoms. The maximum Gasteiger partial charge on any atom is 0.215 e. The van der Waals surface area contributed by atoms with E-state index in [1.54, 1.807) is 0 Å². The average molecular weight is 262 g/mol. The molecule has 2 heterocycles. The normalized spacial score (nSPS) is 15.0. The van der Waals surface area contributed by atoms with Crippen molar-refractivity contribution in [2.75, 3.05) is 0 Å². The van der Waals surface area contributed by atoms with Crippen LogP contribution in [0.25, 0.3) is 0 Å². The van der Waals surface area contributed by atoms with Crippen molar-refractivity contribution in [3.63, 3.8) is 0 Å². The van der Waals surface area contributed by atoms with Gasteiger partial charge >= 0.3 is 0 Å². The van der Waals surface area contributed by atoms with Gasteiger partial charge in [0.15, 0.2) is 0 Å². The van der Waals surface area contributed by atoms with E-state index in [0.717, 1.165) is 34.3 Å². The summed E-state index contributed by atoms with van der Waals surface area (Å²) in [4.78, 5) is 4.51. The molecule has 2 N–H and O–H groups in total. The molecule has 0 saturated heterocycles. The molecule has 1 aliphatic carbocycles. The Morgan fingerprint density at radius 3 is 3.00 bits per heavy atom. The standard InChI is InChI=1S/C11H14N6S/c1-7-2-3-8(6-12)10(13-7)18-11-14-15-16-17(11)9-4-5-9/h2-3,9H,4-6,12H2,1H3. The third-order valence-corrected chi connectivity index (χ3v) is 3.84. The Balaban J connectivity index is 1.91. The molecule has 18 heavy (non-hydrogen) atoms. The molecule has 0 bridgehead atoms. The zero-order valence-corrected chi connectivity index (χ0v) is 10.9. The molecule has 7 heteroatoms. The van der Waals surface area contributed by atoms with Gasteiger partial charge in [0.05, 0.1) is 6.04 Å². The molecular weight excluding hydrogens is 248 g/mol. The quantitative estimate of drug-likeness (QED) is 0.894. The topological polar surface area (TPSA) is 82.5 Å². The lowest BCUT2D eigenvalue weighted by molar-refractivity contribution is 0.565. The monoisotopic (exact) mass is 262 g/mol. The van der Waals surface area contributed by atoms with Gasteiger partial charge in [-0.1, -0.05) is 6.07 Å². The predicted molar refractivity (Wildman–Crippen MR) is 67.1 cm³/mol. The minimum Gasteiger partial charge on any atom is -0.326 e. The summed E-state index contributed by atoms with van der Waals surface area (Å²) in [5, 5.41) is 13.5. The highest BCUT2D eigenvalue weighted by Crippen LogP contribution is 2.38. The van der Waals surface area contributed by atoms with Crippen LogP contribution in [0.5, 0.6) is 0 Å². The highest BCUT2D eigenvalue weighted by Gasteiger charge is 2.28. The fourth-order valence-electron chi connectivity index (χ4n) is 1.69. The number of nitrogens with zero attached hydrogens (tertiary/aromatic N) is 5. The summed E-state index contributed by atoms with van der Waals surface area (Å²) in [6.07, 6.45) is 2.31. The predicted octanol–water partition coefficient (Wildman–Crippen LogP) is 1.32. The van der Waals surface area contributed by atoms with Gasteiger partial charge < -0.3 is 5.73 Å². The number of rotatable bonds is 4. The molecule has 2 aromatic rings. The van der Waals surface area contributed by atoms with Crippen LogP contribution < -0.4 is 5.73 Å². The van der Waals surface area contributed by atoms with E-state index >= 15 is 0 Å². The van der Waals surface area contributed by atoms with Crippen LogP contribution in [0, 0.1) is 6.92 Å². The fraction of sp³-hybridized carbons (Fsp3) is 0.455. The molecule has 3 rings (SSSR count). The summed E-state index contributed by atoms with van der Waals surface area (Å²) in [6, 6.07) is 4.44. The number of tetrazole rings is 1. The van der Waals surface area contributed by atoms with E-state index in [1.165, 1.54) is 11.8 Å². The number of aryl methyl sites for hydroxylation is 1. The van der Waals surface area contributed by atoms with Gasteiger partial charge in [0.25, 0.3) is 0 Å². The molecule has 1 saturated carbocycles. The Bertz CT molecular complexity index is 562. The lowest BCUT2D eigenvalue weighted by Crippen LogP contribution is -2.03. The number of nitrogens with two attached hydrogens (primary N) is 1. The van der Waals surface area contributed by atoms with E-state index in [2.05, 4.69) is 20.5 Å². The highest BCUT2D eigenvalue weighted by molar-refractivity contribution is 7.99. The van der Waals surface area contributed by atoms with Crippen LogP contribution in [-0.2, 0) is 6.54 Å². The molecule has 0 unspecified atom stereocenters. The minimum absolute atomic E-state index is 0.466. The molecule has 0 radical (unpaired) electrons. The molecular formula is C11H14N6S. The van der Waals surface area contributed by atoms with Gasteiger partial charge in [-0.15, -0.1) is 5.10 Å². The van der Waals surface area contributed by atoms with Crippen molar-refractivity contribution in [3.8, 4) is 0 Å². The number of hydrogen-bond donors (Lipinski definition) is 1. The van der Waals surface area contributed by atoms with E-state index in [4.69, 9.17) is 5.73 Å². The van der Waals surface area contributed by atoms with Crippen LogP contribution in [0.15, 0.2) is 22.3 Å². The lowest BCUT2D eigenvalue weighted by atomic mass is 10.2. The first-order valence-corrected chi connectivity index (χ1v) is 6.72. The second-order valence-corrected chi connectivity index (χ2v) is 5.32. The maximum atomic E-state index is 5.73. The number of hydrogen-bond acceptors (Lipinski definition) is 6. The largest absolute Gasteiger partial charge is 0.326 e. The summed E-state index contributed by atoms with van der Waals surface area (Å²) in [6.45, 7) is 2.44. The Morgan fingerprint density at radius 1 is 1.44 bits per heavy atom. The van der Waals surface area contributed by atoms with Crippen molar-refractivity contribution in [2.24, 2.45) is 5.73 Å². The summed E-state index contributed by atoms with van der Waals surface area (Å²) in [5.41, 5.74) is 7.72. The van der Waals surface area contributed by atoms with Gasteiger partial charge in [-0.25, -0.2) is 9.67 Å². The Hall–Kier alpha value is -1.47. The second-order valence-electron chi connectivity index (χ2n) is 4.36. The minimum atomic E-state index is 0.466. The number of pyridine rings is 1. The third-order valence-electron chi connectivity index (χ3n) is 2.84. The summed E-state index contributed by atoms with van der Waals surface area (Å²) < 4.78 is 1.88. The molecule has 0 atom stereocenters. The molecule has 0 aromatic carbocycles. The Kier molecular flexibility index (Phi) is 3.00. The van der Waals surface area contributed by atoms with Crippen molar-refractivity contribution in [1.29, 1.82) is 0 Å². The molecule has 6 nitrogen and oxygen atoms in total. The SMILES string of the molecule is Cc1ccc(CN)c(Sc2nnnn2C2CC2)n1. The van der Waals surface area contributed by atoms with Gasteiger partial charge in [0.2, 0.25) is 5.16 Å². The van der Waals surface area contributed by atoms with Crippen molar-refractivity contribution in [1.82, 2.24) is 25.2 Å². The zero-order valence-electron chi connectivity index (χ0n) is 10.1. The van der Waals surface area contributed by atoms with Gasteiger partial charge in [-0.05, 0) is 53.6 Å². The third kappa shape index (κ3) is 2.23. The molecule has 0 aliphatic heterocycles. The van der Waals surface area contributed by atoms with Gasteiger partial charge in [-0.3, -0.25) is 0 Å². The van der Waals surface area contributed by atoms with Crippen LogP contribution >= 0.6 is 11.8 Å². The van der Waals surface area contributed by atoms with Gasteiger partial charge in [-0.2, -0.15) is 0 Å². The second kappa shape index (κ2) is 4.66. The summed E-state index contributed by atoms with van der Waals surface area (Å²) in [7, 11) is 0. The first-order chi connectivity index (χ1) is 8.78. The number of aromatic nitrogens is 5. The van der Waals surface area contributed by atoms with Crippen molar-refractivity contribution in [2.45, 2.75) is 42.5 Å². The van der Waals surface area contributed by atoms with E-state index in [9.17, 15) is 0 Å². The first kappa shape index (κ1) is 11.6. The maximum absolute atomic E-state index is 5.73. The van der Waals surface area contributed by atoms with E-state index in [1.807, 2.05) is 23.7 Å². The average Bonchev–Trinajstić information content (AvgIpc) is 3.11. The lowest BCUT2D eigenvalue weighted by Gasteiger charge is -2.07. The Morgan fingerprint density at radius 2 is 2.28 bits per heavy atom. The molecule has 2 aromatic heterocycles. The fourth-order valence-corrected chi connectivity index (χ4v) is 2.69. The van der Waals surface area contributed by atoms with E-state index in [-0.39, 0.29) is 0 Å². The molecule has 0 amide bonds. The Labute approximate surface area is 109 Å². The summed E-state index contributed by atoms with van der Waals surface area (Å²) >= 11 is 1.49. The van der Waals surface area contributed by atoms with Crippen LogP contribution in [0.2, 0.25) is 0 Å². The van der Waals surface area contributed by atoms with Crippen LogP contribution in [0.4, 0.5) is 0 Å². The molecule has 1 aliphatic rings. The zero-order chi connectivity index (χ0) is 12.5. The first-order valence-electron chi connectivity index (χ1n) is 5.90. The summed E-state index contributed by atoms with van der Waals surface area (Å²) in [5.74, 6) is 0. The van der Waals surface area contributed by atoms with Crippen molar-refractivity contribution >= 4 is 11.8 Å². The van der Waals surface area contributed by atoms with Crippen molar-refractivity contribution < 1.29 is 0 Å². The van der Waals surface area contributed by atoms with Crippen LogP contribution in [-0.4, -0.2) is 25.2 Å². The van der Waals surface area contributed by atoms with Crippen LogP contribution in [0.3, 0.4) is 0 Å². The van der Waals surface area contributed by atoms with Gasteiger partial charge in [0.1, 0.15) is 5.03 Å². The highest BCUT2D eigenvalue weighted by atomic mass is 32.2. The van der Waals surface area contributed by atoms with E-state index in [0.29, 0.717) is 12.6 Å². The van der Waals surface area contributed by atoms with Crippen LogP contribution in [0.1, 0.15) is 30.1 Å². The molecule has 94 valence electrons. The van der Waals surface area contributed by atoms with E-state index < -0.39 is 0 Å². The van der Waals surface area contributed by atoms with Crippen molar-refractivity contribution in [3.05, 3.63) is 23.4 Å². The van der Waals surface area contributed by atoms with Gasteiger partial charge in [0, 0.05) is 12.2 Å². The molecule has 1 fully saturated rings.